The lowest BCUT2D eigenvalue weighted by Gasteiger charge is -2.34. The van der Waals surface area contributed by atoms with Crippen molar-refractivity contribution in [3.63, 3.8) is 0 Å². The summed E-state index contributed by atoms with van der Waals surface area (Å²) in [6, 6.07) is 7.32. The minimum Gasteiger partial charge on any atom is -0.444 e. The van der Waals surface area contributed by atoms with Crippen molar-refractivity contribution in [3.8, 4) is 0 Å². The highest BCUT2D eigenvalue weighted by atomic mass is 35.5. The second-order valence-electron chi connectivity index (χ2n) is 7.21. The molecule has 1 aliphatic rings. The van der Waals surface area contributed by atoms with Gasteiger partial charge in [-0.25, -0.2) is 4.79 Å². The van der Waals surface area contributed by atoms with Crippen molar-refractivity contribution in [2.24, 2.45) is 5.92 Å². The van der Waals surface area contributed by atoms with E-state index in [1.165, 1.54) is 0 Å². The summed E-state index contributed by atoms with van der Waals surface area (Å²) < 4.78 is 5.40. The summed E-state index contributed by atoms with van der Waals surface area (Å²) in [5.74, 6) is 0.416. The third-order valence-corrected chi connectivity index (χ3v) is 4.33. The predicted molar refractivity (Wildman–Crippen MR) is 91.6 cm³/mol. The van der Waals surface area contributed by atoms with Gasteiger partial charge in [-0.3, -0.25) is 0 Å². The highest BCUT2D eigenvalue weighted by Gasteiger charge is 2.28. The van der Waals surface area contributed by atoms with Crippen LogP contribution in [0.2, 0.25) is 5.02 Å². The first-order valence-corrected chi connectivity index (χ1v) is 8.54. The van der Waals surface area contributed by atoms with Crippen molar-refractivity contribution in [3.05, 3.63) is 34.9 Å². The maximum Gasteiger partial charge on any atom is 0.410 e. The summed E-state index contributed by atoms with van der Waals surface area (Å²) in [7, 11) is 0. The number of piperidine rings is 1. The Balaban J connectivity index is 1.80. The minimum absolute atomic E-state index is 0.241. The quantitative estimate of drug-likeness (QED) is 0.887. The second-order valence-corrected chi connectivity index (χ2v) is 7.65. The van der Waals surface area contributed by atoms with Crippen LogP contribution in [0.3, 0.4) is 0 Å². The molecule has 1 N–H and O–H groups in total. The fraction of sp³-hybridized carbons (Fsp3) is 0.611. The van der Waals surface area contributed by atoms with E-state index < -0.39 is 11.7 Å². The van der Waals surface area contributed by atoms with E-state index in [1.807, 2.05) is 32.9 Å². The molecule has 1 saturated heterocycles. The molecule has 23 heavy (non-hydrogen) atoms. The van der Waals surface area contributed by atoms with Crippen LogP contribution < -0.4 is 0 Å². The Morgan fingerprint density at radius 2 is 1.87 bits per heavy atom. The number of hydrogen-bond donors (Lipinski definition) is 1. The summed E-state index contributed by atoms with van der Waals surface area (Å²) in [6.45, 7) is 7.00. The number of rotatable bonds is 3. The maximum absolute atomic E-state index is 12.0. The van der Waals surface area contributed by atoms with Gasteiger partial charge in [0.15, 0.2) is 0 Å². The smallest absolute Gasteiger partial charge is 0.410 e. The van der Waals surface area contributed by atoms with E-state index in [4.69, 9.17) is 16.3 Å². The van der Waals surface area contributed by atoms with Crippen molar-refractivity contribution in [1.29, 1.82) is 0 Å². The molecule has 0 aliphatic carbocycles. The van der Waals surface area contributed by atoms with Crippen LogP contribution >= 0.6 is 11.6 Å². The van der Waals surface area contributed by atoms with Crippen LogP contribution in [-0.4, -0.2) is 34.8 Å². The van der Waals surface area contributed by atoms with Crippen LogP contribution in [0, 0.1) is 5.92 Å². The van der Waals surface area contributed by atoms with E-state index >= 15 is 0 Å². The van der Waals surface area contributed by atoms with Gasteiger partial charge in [0, 0.05) is 18.1 Å². The number of likely N-dealkylation sites (tertiary alicyclic amines) is 1. The fourth-order valence-electron chi connectivity index (χ4n) is 2.81. The summed E-state index contributed by atoms with van der Waals surface area (Å²) in [5.41, 5.74) is 0.433. The van der Waals surface area contributed by atoms with Crippen LogP contribution in [0.25, 0.3) is 0 Å². The molecule has 0 aromatic heterocycles. The number of benzene rings is 1. The van der Waals surface area contributed by atoms with Gasteiger partial charge in [0.05, 0.1) is 6.10 Å². The van der Waals surface area contributed by atoms with Gasteiger partial charge in [-0.15, -0.1) is 0 Å². The van der Waals surface area contributed by atoms with E-state index in [9.17, 15) is 9.90 Å². The Kier molecular flexibility index (Phi) is 5.93. The number of halogens is 1. The lowest BCUT2D eigenvalue weighted by Crippen LogP contribution is -2.41. The van der Waals surface area contributed by atoms with Crippen LogP contribution in [0.15, 0.2) is 24.3 Å². The largest absolute Gasteiger partial charge is 0.444 e. The molecule has 0 saturated carbocycles. The predicted octanol–water partition coefficient (Wildman–Crippen LogP) is 4.41. The molecule has 1 amide bonds. The van der Waals surface area contributed by atoms with E-state index in [2.05, 4.69) is 0 Å². The summed E-state index contributed by atoms with van der Waals surface area (Å²) in [4.78, 5) is 13.8. The second kappa shape index (κ2) is 7.54. The molecular formula is C18H26ClNO3. The average Bonchev–Trinajstić information content (AvgIpc) is 2.46. The minimum atomic E-state index is -0.481. The molecule has 0 radical (unpaired) electrons. The molecule has 5 heteroatoms. The highest BCUT2D eigenvalue weighted by Crippen LogP contribution is 2.29. The van der Waals surface area contributed by atoms with Crippen molar-refractivity contribution in [2.75, 3.05) is 13.1 Å². The Labute approximate surface area is 143 Å². The van der Waals surface area contributed by atoms with Gasteiger partial charge in [-0.05, 0) is 63.6 Å². The lowest BCUT2D eigenvalue weighted by atomic mass is 9.89. The van der Waals surface area contributed by atoms with Crippen molar-refractivity contribution < 1.29 is 14.6 Å². The molecule has 1 unspecified atom stereocenters. The van der Waals surface area contributed by atoms with E-state index in [0.717, 1.165) is 18.4 Å². The molecule has 1 heterocycles. The van der Waals surface area contributed by atoms with Crippen molar-refractivity contribution in [2.45, 2.75) is 51.7 Å². The van der Waals surface area contributed by atoms with Gasteiger partial charge in [0.25, 0.3) is 0 Å². The number of nitrogens with zero attached hydrogens (tertiary/aromatic N) is 1. The van der Waals surface area contributed by atoms with Gasteiger partial charge in [-0.1, -0.05) is 23.7 Å². The van der Waals surface area contributed by atoms with Crippen molar-refractivity contribution in [1.82, 2.24) is 4.90 Å². The zero-order chi connectivity index (χ0) is 17.0. The SMILES string of the molecule is CC(C)(C)OC(=O)N1CCC(CC(O)c2ccc(Cl)cc2)CC1. The summed E-state index contributed by atoms with van der Waals surface area (Å²) in [5, 5.41) is 11.0. The summed E-state index contributed by atoms with van der Waals surface area (Å²) in [6.07, 6.45) is 1.77. The van der Waals surface area contributed by atoms with Crippen LogP contribution in [0.4, 0.5) is 4.79 Å². The third kappa shape index (κ3) is 5.70. The van der Waals surface area contributed by atoms with E-state index in [1.54, 1.807) is 17.0 Å². The molecular weight excluding hydrogens is 314 g/mol. The Morgan fingerprint density at radius 3 is 2.39 bits per heavy atom. The molecule has 2 rings (SSSR count). The van der Waals surface area contributed by atoms with Gasteiger partial charge in [-0.2, -0.15) is 0 Å². The first-order chi connectivity index (χ1) is 10.7. The fourth-order valence-corrected chi connectivity index (χ4v) is 2.94. The number of aliphatic hydroxyl groups is 1. The standard InChI is InChI=1S/C18H26ClNO3/c1-18(2,3)23-17(22)20-10-8-13(9-11-20)12-16(21)14-4-6-15(19)7-5-14/h4-7,13,16,21H,8-12H2,1-3H3. The van der Waals surface area contributed by atoms with E-state index in [-0.39, 0.29) is 6.09 Å². The Hall–Kier alpha value is -1.26. The van der Waals surface area contributed by atoms with Crippen molar-refractivity contribution >= 4 is 17.7 Å². The van der Waals surface area contributed by atoms with E-state index in [0.29, 0.717) is 30.5 Å². The highest BCUT2D eigenvalue weighted by molar-refractivity contribution is 6.30. The summed E-state index contributed by atoms with van der Waals surface area (Å²) >= 11 is 5.87. The molecule has 128 valence electrons. The molecule has 1 aromatic carbocycles. The molecule has 1 aromatic rings. The zero-order valence-electron chi connectivity index (χ0n) is 14.1. The van der Waals surface area contributed by atoms with Crippen LogP contribution in [-0.2, 0) is 4.74 Å². The monoisotopic (exact) mass is 339 g/mol. The van der Waals surface area contributed by atoms with Gasteiger partial charge in [0.1, 0.15) is 5.60 Å². The first-order valence-electron chi connectivity index (χ1n) is 8.16. The van der Waals surface area contributed by atoms with Crippen LogP contribution in [0.5, 0.6) is 0 Å². The first kappa shape index (κ1) is 18.1. The normalized spacial score (nSPS) is 17.9. The van der Waals surface area contributed by atoms with Crippen LogP contribution in [0.1, 0.15) is 51.7 Å². The molecule has 1 fully saturated rings. The molecule has 1 atom stereocenters. The Bertz CT molecular complexity index is 516. The maximum atomic E-state index is 12.0. The third-order valence-electron chi connectivity index (χ3n) is 4.08. The number of carbonyl (C=O) groups is 1. The molecule has 4 nitrogen and oxygen atoms in total. The average molecular weight is 340 g/mol. The molecule has 1 aliphatic heterocycles. The Morgan fingerprint density at radius 1 is 1.30 bits per heavy atom. The molecule has 0 spiro atoms. The lowest BCUT2D eigenvalue weighted by molar-refractivity contribution is 0.0161. The number of ether oxygens (including phenoxy) is 1. The number of hydrogen-bond acceptors (Lipinski definition) is 3. The van der Waals surface area contributed by atoms with Gasteiger partial charge < -0.3 is 14.7 Å². The topological polar surface area (TPSA) is 49.8 Å². The van der Waals surface area contributed by atoms with Gasteiger partial charge >= 0.3 is 6.09 Å². The number of carbonyl (C=O) groups excluding carboxylic acids is 1. The number of amides is 1. The molecule has 0 bridgehead atoms. The number of aliphatic hydroxyl groups excluding tert-OH is 1. The van der Waals surface area contributed by atoms with Gasteiger partial charge in [0.2, 0.25) is 0 Å². The zero-order valence-corrected chi connectivity index (χ0v) is 14.8.